The lowest BCUT2D eigenvalue weighted by atomic mass is 10.3. The lowest BCUT2D eigenvalue weighted by Gasteiger charge is -2.01. The van der Waals surface area contributed by atoms with Crippen LogP contribution in [0.25, 0.3) is 0 Å². The van der Waals surface area contributed by atoms with Gasteiger partial charge in [0.15, 0.2) is 0 Å². The molecular formula is C12H15N3O2S. The number of aliphatic hydroxyl groups excluding tert-OH is 1. The number of nitrogens with zero attached hydrogens (tertiary/aromatic N) is 3. The molecule has 0 amide bonds. The van der Waals surface area contributed by atoms with Crippen molar-refractivity contribution < 1.29 is 9.84 Å². The molecule has 0 radical (unpaired) electrons. The van der Waals surface area contributed by atoms with E-state index in [9.17, 15) is 0 Å². The number of aliphatic hydroxyl groups is 1. The number of hydrogen-bond donors (Lipinski definition) is 1. The third-order valence-electron chi connectivity index (χ3n) is 2.36. The number of aromatic nitrogens is 3. The summed E-state index contributed by atoms with van der Waals surface area (Å²) in [5.74, 6) is 1.62. The van der Waals surface area contributed by atoms with Crippen LogP contribution < -0.4 is 4.74 Å². The molecule has 0 aliphatic heterocycles. The molecule has 0 aliphatic rings. The van der Waals surface area contributed by atoms with Gasteiger partial charge in [0.1, 0.15) is 5.75 Å². The molecule has 5 nitrogen and oxygen atoms in total. The lowest BCUT2D eigenvalue weighted by Crippen LogP contribution is -2.02. The van der Waals surface area contributed by atoms with E-state index in [4.69, 9.17) is 9.84 Å². The van der Waals surface area contributed by atoms with Gasteiger partial charge < -0.3 is 9.84 Å². The summed E-state index contributed by atoms with van der Waals surface area (Å²) in [5.41, 5.74) is 0.907. The second kappa shape index (κ2) is 6.42. The predicted molar refractivity (Wildman–Crippen MR) is 69.7 cm³/mol. The van der Waals surface area contributed by atoms with Gasteiger partial charge in [0.25, 0.3) is 0 Å². The van der Waals surface area contributed by atoms with Crippen molar-refractivity contribution in [2.24, 2.45) is 0 Å². The maximum absolute atomic E-state index is 8.78. The number of thioether (sulfide) groups is 1. The summed E-state index contributed by atoms with van der Waals surface area (Å²) in [5, 5.41) is 16.7. The average Bonchev–Trinajstić information content (AvgIpc) is 2.85. The first kappa shape index (κ1) is 12.9. The summed E-state index contributed by atoms with van der Waals surface area (Å²) in [6, 6.07) is 7.90. The van der Waals surface area contributed by atoms with Crippen LogP contribution in [0, 0.1) is 0 Å². The minimum Gasteiger partial charge on any atom is -0.497 e. The van der Waals surface area contributed by atoms with Crippen molar-refractivity contribution in [2.75, 3.05) is 13.7 Å². The molecule has 96 valence electrons. The highest BCUT2D eigenvalue weighted by Crippen LogP contribution is 2.23. The van der Waals surface area contributed by atoms with Gasteiger partial charge in [-0.3, -0.25) is 0 Å². The zero-order chi connectivity index (χ0) is 12.8. The number of benzene rings is 1. The minimum atomic E-state index is 0.0778. The molecule has 1 heterocycles. The second-order valence-electron chi connectivity index (χ2n) is 3.66. The Morgan fingerprint density at radius 3 is 2.78 bits per heavy atom. The molecule has 0 saturated carbocycles. The third kappa shape index (κ3) is 3.48. The fourth-order valence-corrected chi connectivity index (χ4v) is 2.22. The van der Waals surface area contributed by atoms with Crippen molar-refractivity contribution in [1.29, 1.82) is 0 Å². The molecule has 0 atom stereocenters. The van der Waals surface area contributed by atoms with Gasteiger partial charge in [-0.05, 0) is 24.3 Å². The molecule has 0 aliphatic carbocycles. The van der Waals surface area contributed by atoms with E-state index in [0.717, 1.165) is 22.1 Å². The molecule has 1 aromatic carbocycles. The van der Waals surface area contributed by atoms with Gasteiger partial charge in [0, 0.05) is 16.8 Å². The zero-order valence-electron chi connectivity index (χ0n) is 10.1. The number of rotatable bonds is 6. The Balaban J connectivity index is 1.89. The van der Waals surface area contributed by atoms with Gasteiger partial charge in [-0.25, -0.2) is 4.68 Å². The molecule has 0 spiro atoms. The third-order valence-corrected chi connectivity index (χ3v) is 3.41. The maximum Gasteiger partial charge on any atom is 0.118 e. The standard InChI is InChI=1S/C12H15N3O2S/c1-17-11-2-4-12(5-3-11)18-9-10-8-15(6-7-16)14-13-10/h2-5,8,16H,6-7,9H2,1H3. The van der Waals surface area contributed by atoms with Gasteiger partial charge in [-0.2, -0.15) is 0 Å². The van der Waals surface area contributed by atoms with Gasteiger partial charge in [-0.15, -0.1) is 16.9 Å². The van der Waals surface area contributed by atoms with Crippen LogP contribution in [0.5, 0.6) is 5.75 Å². The van der Waals surface area contributed by atoms with Crippen molar-refractivity contribution in [3.05, 3.63) is 36.2 Å². The van der Waals surface area contributed by atoms with E-state index >= 15 is 0 Å². The highest BCUT2D eigenvalue weighted by molar-refractivity contribution is 7.98. The maximum atomic E-state index is 8.78. The Morgan fingerprint density at radius 2 is 2.11 bits per heavy atom. The molecule has 0 fully saturated rings. The van der Waals surface area contributed by atoms with Crippen molar-refractivity contribution in [3.63, 3.8) is 0 Å². The molecule has 6 heteroatoms. The molecule has 0 bridgehead atoms. The summed E-state index contributed by atoms with van der Waals surface area (Å²) in [7, 11) is 1.65. The van der Waals surface area contributed by atoms with Crippen LogP contribution in [0.15, 0.2) is 35.4 Å². The van der Waals surface area contributed by atoms with E-state index < -0.39 is 0 Å². The fourth-order valence-electron chi connectivity index (χ4n) is 1.45. The van der Waals surface area contributed by atoms with Crippen LogP contribution in [0.2, 0.25) is 0 Å². The van der Waals surface area contributed by atoms with Gasteiger partial charge >= 0.3 is 0 Å². The Morgan fingerprint density at radius 1 is 1.33 bits per heavy atom. The van der Waals surface area contributed by atoms with Crippen molar-refractivity contribution in [3.8, 4) is 5.75 Å². The molecule has 2 rings (SSSR count). The molecule has 0 unspecified atom stereocenters. The number of hydrogen-bond acceptors (Lipinski definition) is 5. The van der Waals surface area contributed by atoms with Crippen molar-refractivity contribution in [2.45, 2.75) is 17.2 Å². The minimum absolute atomic E-state index is 0.0778. The van der Waals surface area contributed by atoms with Crippen LogP contribution in [0.1, 0.15) is 5.69 Å². The summed E-state index contributed by atoms with van der Waals surface area (Å²) in [6.45, 7) is 0.564. The van der Waals surface area contributed by atoms with E-state index in [-0.39, 0.29) is 6.61 Å². The van der Waals surface area contributed by atoms with E-state index in [2.05, 4.69) is 10.3 Å². The summed E-state index contributed by atoms with van der Waals surface area (Å²) < 4.78 is 6.75. The molecule has 1 N–H and O–H groups in total. The Kier molecular flexibility index (Phi) is 4.60. The van der Waals surface area contributed by atoms with Gasteiger partial charge in [0.05, 0.1) is 26.0 Å². The number of methoxy groups -OCH3 is 1. The Labute approximate surface area is 110 Å². The van der Waals surface area contributed by atoms with Crippen LogP contribution in [-0.4, -0.2) is 33.8 Å². The summed E-state index contributed by atoms with van der Waals surface area (Å²) >= 11 is 1.69. The van der Waals surface area contributed by atoms with Crippen molar-refractivity contribution >= 4 is 11.8 Å². The largest absolute Gasteiger partial charge is 0.497 e. The first-order chi connectivity index (χ1) is 8.81. The van der Waals surface area contributed by atoms with E-state index in [1.165, 1.54) is 0 Å². The molecule has 1 aromatic heterocycles. The molecule has 2 aromatic rings. The SMILES string of the molecule is COc1ccc(SCc2cn(CCO)nn2)cc1. The zero-order valence-corrected chi connectivity index (χ0v) is 10.9. The Hall–Kier alpha value is -1.53. The van der Waals surface area contributed by atoms with E-state index in [1.807, 2.05) is 30.5 Å². The molecule has 0 saturated heterocycles. The van der Waals surface area contributed by atoms with Gasteiger partial charge in [0.2, 0.25) is 0 Å². The predicted octanol–water partition coefficient (Wildman–Crippen LogP) is 1.57. The number of ether oxygens (including phenoxy) is 1. The first-order valence-corrected chi connectivity index (χ1v) is 6.57. The van der Waals surface area contributed by atoms with Crippen LogP contribution >= 0.6 is 11.8 Å². The Bertz CT molecular complexity index is 484. The summed E-state index contributed by atoms with van der Waals surface area (Å²) in [6.07, 6.45) is 1.85. The van der Waals surface area contributed by atoms with Crippen LogP contribution in [0.3, 0.4) is 0 Å². The van der Waals surface area contributed by atoms with E-state index in [0.29, 0.717) is 6.54 Å². The smallest absolute Gasteiger partial charge is 0.118 e. The normalized spacial score (nSPS) is 10.6. The van der Waals surface area contributed by atoms with Gasteiger partial charge in [-0.1, -0.05) is 5.21 Å². The van der Waals surface area contributed by atoms with E-state index in [1.54, 1.807) is 23.6 Å². The molecule has 18 heavy (non-hydrogen) atoms. The van der Waals surface area contributed by atoms with Crippen molar-refractivity contribution in [1.82, 2.24) is 15.0 Å². The molecular weight excluding hydrogens is 250 g/mol. The average molecular weight is 265 g/mol. The topological polar surface area (TPSA) is 60.2 Å². The van der Waals surface area contributed by atoms with Crippen LogP contribution in [0.4, 0.5) is 0 Å². The summed E-state index contributed by atoms with van der Waals surface area (Å²) in [4.78, 5) is 1.16. The fraction of sp³-hybridized carbons (Fsp3) is 0.333. The highest BCUT2D eigenvalue weighted by atomic mass is 32.2. The lowest BCUT2D eigenvalue weighted by molar-refractivity contribution is 0.268. The quantitative estimate of drug-likeness (QED) is 0.803. The first-order valence-electron chi connectivity index (χ1n) is 5.58. The van der Waals surface area contributed by atoms with Crippen LogP contribution in [-0.2, 0) is 12.3 Å². The monoisotopic (exact) mass is 265 g/mol. The second-order valence-corrected chi connectivity index (χ2v) is 4.71. The highest BCUT2D eigenvalue weighted by Gasteiger charge is 2.02.